The lowest BCUT2D eigenvalue weighted by Gasteiger charge is -2.08. The van der Waals surface area contributed by atoms with E-state index in [1.165, 1.54) is 0 Å². The summed E-state index contributed by atoms with van der Waals surface area (Å²) in [6, 6.07) is 12.2. The molecule has 0 bridgehead atoms. The number of rotatable bonds is 4. The van der Waals surface area contributed by atoms with E-state index in [1.54, 1.807) is 24.3 Å². The van der Waals surface area contributed by atoms with Gasteiger partial charge in [-0.05, 0) is 48.7 Å². The van der Waals surface area contributed by atoms with E-state index < -0.39 is 0 Å². The smallest absolute Gasteiger partial charge is 0.251 e. The molecule has 104 valence electrons. The summed E-state index contributed by atoms with van der Waals surface area (Å²) in [6.07, 6.45) is 0.714. The molecule has 1 amide bonds. The normalized spacial score (nSPS) is 10.3. The van der Waals surface area contributed by atoms with Gasteiger partial charge in [0.05, 0.1) is 0 Å². The Morgan fingerprint density at radius 2 is 1.90 bits per heavy atom. The van der Waals surface area contributed by atoms with E-state index in [2.05, 4.69) is 5.32 Å². The zero-order chi connectivity index (χ0) is 14.5. The maximum Gasteiger partial charge on any atom is 0.251 e. The molecule has 0 fully saturated rings. The summed E-state index contributed by atoms with van der Waals surface area (Å²) in [7, 11) is 0. The lowest BCUT2D eigenvalue weighted by atomic mass is 10.1. The van der Waals surface area contributed by atoms with Crippen LogP contribution in [0.5, 0.6) is 5.75 Å². The first-order valence-electron chi connectivity index (χ1n) is 6.38. The molecular weight excluding hydrogens is 274 g/mol. The molecule has 2 rings (SSSR count). The highest BCUT2D eigenvalue weighted by molar-refractivity contribution is 6.31. The van der Waals surface area contributed by atoms with Crippen molar-refractivity contribution < 1.29 is 9.90 Å². The van der Waals surface area contributed by atoms with Crippen molar-refractivity contribution in [1.82, 2.24) is 5.32 Å². The van der Waals surface area contributed by atoms with Crippen LogP contribution in [0.3, 0.4) is 0 Å². The summed E-state index contributed by atoms with van der Waals surface area (Å²) >= 11 is 5.90. The van der Waals surface area contributed by atoms with Gasteiger partial charge in [-0.25, -0.2) is 0 Å². The van der Waals surface area contributed by atoms with Crippen LogP contribution in [0.15, 0.2) is 42.5 Å². The highest BCUT2D eigenvalue weighted by Crippen LogP contribution is 2.15. The van der Waals surface area contributed by atoms with Crippen LogP contribution in [0.1, 0.15) is 21.5 Å². The molecule has 0 atom stereocenters. The standard InChI is InChI=1S/C16H16ClNO2/c1-11-2-5-13(17)10-15(11)16(20)18-9-8-12-3-6-14(19)7-4-12/h2-7,10,19H,8-9H2,1H3,(H,18,20). The number of halogens is 1. The molecule has 2 aromatic carbocycles. The third-order valence-corrected chi connectivity index (χ3v) is 3.31. The molecule has 2 N–H and O–H groups in total. The number of nitrogens with one attached hydrogen (secondary N) is 1. The highest BCUT2D eigenvalue weighted by Gasteiger charge is 2.08. The Balaban J connectivity index is 1.92. The summed E-state index contributed by atoms with van der Waals surface area (Å²) in [6.45, 7) is 2.42. The lowest BCUT2D eigenvalue weighted by Crippen LogP contribution is -2.26. The SMILES string of the molecule is Cc1ccc(Cl)cc1C(=O)NCCc1ccc(O)cc1. The highest BCUT2D eigenvalue weighted by atomic mass is 35.5. The van der Waals surface area contributed by atoms with Crippen LogP contribution in [0, 0.1) is 6.92 Å². The van der Waals surface area contributed by atoms with E-state index in [0.29, 0.717) is 23.6 Å². The number of carbonyl (C=O) groups is 1. The quantitative estimate of drug-likeness (QED) is 0.907. The van der Waals surface area contributed by atoms with Crippen LogP contribution >= 0.6 is 11.6 Å². The molecule has 0 spiro atoms. The number of hydrogen-bond donors (Lipinski definition) is 2. The maximum atomic E-state index is 12.1. The largest absolute Gasteiger partial charge is 0.508 e. The topological polar surface area (TPSA) is 49.3 Å². The van der Waals surface area contributed by atoms with Gasteiger partial charge in [0.1, 0.15) is 5.75 Å². The fourth-order valence-electron chi connectivity index (χ4n) is 1.92. The Labute approximate surface area is 123 Å². The molecule has 0 aromatic heterocycles. The summed E-state index contributed by atoms with van der Waals surface area (Å²) in [5.74, 6) is 0.121. The molecule has 0 saturated carbocycles. The van der Waals surface area contributed by atoms with Gasteiger partial charge in [-0.2, -0.15) is 0 Å². The zero-order valence-electron chi connectivity index (χ0n) is 11.2. The Bertz CT molecular complexity index is 608. The van der Waals surface area contributed by atoms with Crippen LogP contribution in [0.2, 0.25) is 5.02 Å². The molecular formula is C16H16ClNO2. The molecule has 0 unspecified atom stereocenters. The van der Waals surface area contributed by atoms with E-state index in [9.17, 15) is 9.90 Å². The number of phenolic OH excluding ortho intramolecular Hbond substituents is 1. The van der Waals surface area contributed by atoms with Crippen molar-refractivity contribution in [3.8, 4) is 5.75 Å². The number of hydrogen-bond acceptors (Lipinski definition) is 2. The monoisotopic (exact) mass is 289 g/mol. The van der Waals surface area contributed by atoms with E-state index >= 15 is 0 Å². The minimum Gasteiger partial charge on any atom is -0.508 e. The third-order valence-electron chi connectivity index (χ3n) is 3.08. The molecule has 0 saturated heterocycles. The molecule has 0 heterocycles. The minimum atomic E-state index is -0.122. The fraction of sp³-hybridized carbons (Fsp3) is 0.188. The molecule has 4 heteroatoms. The summed E-state index contributed by atoms with van der Waals surface area (Å²) < 4.78 is 0. The third kappa shape index (κ3) is 3.75. The van der Waals surface area contributed by atoms with Crippen LogP contribution in [-0.4, -0.2) is 17.6 Å². The van der Waals surface area contributed by atoms with Gasteiger partial charge in [-0.3, -0.25) is 4.79 Å². The van der Waals surface area contributed by atoms with E-state index in [0.717, 1.165) is 11.1 Å². The average molecular weight is 290 g/mol. The van der Waals surface area contributed by atoms with Crippen molar-refractivity contribution in [3.63, 3.8) is 0 Å². The number of aromatic hydroxyl groups is 1. The number of carbonyl (C=O) groups excluding carboxylic acids is 1. The van der Waals surface area contributed by atoms with Crippen molar-refractivity contribution in [2.24, 2.45) is 0 Å². The van der Waals surface area contributed by atoms with Crippen LogP contribution < -0.4 is 5.32 Å². The molecule has 0 aliphatic carbocycles. The van der Waals surface area contributed by atoms with Gasteiger partial charge >= 0.3 is 0 Å². The lowest BCUT2D eigenvalue weighted by molar-refractivity contribution is 0.0953. The Kier molecular flexibility index (Phi) is 4.64. The van der Waals surface area contributed by atoms with Crippen LogP contribution in [0.25, 0.3) is 0 Å². The Morgan fingerprint density at radius 3 is 2.60 bits per heavy atom. The second-order valence-corrected chi connectivity index (χ2v) is 5.07. The van der Waals surface area contributed by atoms with Gasteiger partial charge in [-0.15, -0.1) is 0 Å². The van der Waals surface area contributed by atoms with Gasteiger partial charge in [0.15, 0.2) is 0 Å². The molecule has 0 aliphatic heterocycles. The molecule has 2 aromatic rings. The maximum absolute atomic E-state index is 12.1. The van der Waals surface area contributed by atoms with Gasteiger partial charge in [0, 0.05) is 17.1 Å². The molecule has 3 nitrogen and oxygen atoms in total. The minimum absolute atomic E-state index is 0.122. The molecule has 20 heavy (non-hydrogen) atoms. The van der Waals surface area contributed by atoms with Crippen molar-refractivity contribution >= 4 is 17.5 Å². The number of aryl methyl sites for hydroxylation is 1. The summed E-state index contributed by atoms with van der Waals surface area (Å²) in [4.78, 5) is 12.1. The molecule has 0 radical (unpaired) electrons. The Hall–Kier alpha value is -2.00. The van der Waals surface area contributed by atoms with Gasteiger partial charge in [-0.1, -0.05) is 29.8 Å². The van der Waals surface area contributed by atoms with Crippen molar-refractivity contribution in [2.75, 3.05) is 6.54 Å². The fourth-order valence-corrected chi connectivity index (χ4v) is 2.09. The van der Waals surface area contributed by atoms with Gasteiger partial charge in [0.2, 0.25) is 0 Å². The summed E-state index contributed by atoms with van der Waals surface area (Å²) in [5.41, 5.74) is 2.56. The second-order valence-electron chi connectivity index (χ2n) is 4.63. The molecule has 0 aliphatic rings. The van der Waals surface area contributed by atoms with Crippen LogP contribution in [-0.2, 0) is 6.42 Å². The predicted molar refractivity (Wildman–Crippen MR) is 80.3 cm³/mol. The van der Waals surface area contributed by atoms with Crippen molar-refractivity contribution in [3.05, 3.63) is 64.2 Å². The Morgan fingerprint density at radius 1 is 1.20 bits per heavy atom. The van der Waals surface area contributed by atoms with Gasteiger partial charge in [0.25, 0.3) is 5.91 Å². The second kappa shape index (κ2) is 6.44. The first kappa shape index (κ1) is 14.4. The number of amides is 1. The van der Waals surface area contributed by atoms with Crippen LogP contribution in [0.4, 0.5) is 0 Å². The first-order valence-corrected chi connectivity index (χ1v) is 6.76. The predicted octanol–water partition coefficient (Wildman–Crippen LogP) is 3.33. The van der Waals surface area contributed by atoms with Crippen molar-refractivity contribution in [2.45, 2.75) is 13.3 Å². The summed E-state index contributed by atoms with van der Waals surface area (Å²) in [5, 5.41) is 12.6. The van der Waals surface area contributed by atoms with Gasteiger partial charge < -0.3 is 10.4 Å². The number of phenols is 1. The van der Waals surface area contributed by atoms with E-state index in [-0.39, 0.29) is 11.7 Å². The first-order chi connectivity index (χ1) is 9.56. The van der Waals surface area contributed by atoms with Crippen molar-refractivity contribution in [1.29, 1.82) is 0 Å². The average Bonchev–Trinajstić information content (AvgIpc) is 2.43. The van der Waals surface area contributed by atoms with E-state index in [4.69, 9.17) is 11.6 Å². The van der Waals surface area contributed by atoms with E-state index in [1.807, 2.05) is 25.1 Å². The zero-order valence-corrected chi connectivity index (χ0v) is 11.9. The number of benzene rings is 2.